The number of hydrogen-bond acceptors (Lipinski definition) is 2. The molecular weight excluding hydrogens is 371 g/mol. The summed E-state index contributed by atoms with van der Waals surface area (Å²) in [6.07, 6.45) is 18.3. The third-order valence-electron chi connectivity index (χ3n) is 5.15. The van der Waals surface area contributed by atoms with Gasteiger partial charge in [0.05, 0.1) is 5.69 Å². The number of hydrogen-bond donors (Lipinski definition) is 1. The topological polar surface area (TPSA) is 24.9 Å². The van der Waals surface area contributed by atoms with Crippen LogP contribution in [-0.2, 0) is 0 Å². The molecule has 2 nitrogen and oxygen atoms in total. The Bertz CT molecular complexity index is 881. The highest BCUT2D eigenvalue weighted by atomic mass is 19.1. The van der Waals surface area contributed by atoms with Crippen molar-refractivity contribution in [2.45, 2.75) is 34.1 Å². The summed E-state index contributed by atoms with van der Waals surface area (Å²) in [5.74, 6) is 1.62. The van der Waals surface area contributed by atoms with E-state index < -0.39 is 0 Å². The van der Waals surface area contributed by atoms with Gasteiger partial charge in [-0.25, -0.2) is 4.39 Å². The molecule has 0 radical (unpaired) electrons. The van der Waals surface area contributed by atoms with Crippen LogP contribution in [0.3, 0.4) is 0 Å². The van der Waals surface area contributed by atoms with Crippen LogP contribution in [-0.4, -0.2) is 4.98 Å². The lowest BCUT2D eigenvalue weighted by atomic mass is 9.78. The Morgan fingerprint density at radius 2 is 1.87 bits per heavy atom. The standard InChI is InChI=1S/C14H19N.C11H8FN.C2H6/c1-3-6-12-11(2)9-10-15-14-8-5-4-7-13(12)14;12-10-6-2-1-5-9(10)11-7-3-4-8-13-11;1-2/h3-6,8-13,15H,7H2,1-2H3;1-8H;1-2H3. The molecule has 2 heterocycles. The van der Waals surface area contributed by atoms with Crippen LogP contribution in [0.5, 0.6) is 0 Å². The van der Waals surface area contributed by atoms with Crippen molar-refractivity contribution >= 4 is 0 Å². The van der Waals surface area contributed by atoms with Gasteiger partial charge >= 0.3 is 0 Å². The van der Waals surface area contributed by atoms with E-state index in [1.807, 2.05) is 26.0 Å². The SMILES string of the molecule is CC.CC=CC1C(C)C=CNC2=CC=CCC21.Fc1ccccc1-c1ccccn1. The van der Waals surface area contributed by atoms with E-state index in [-0.39, 0.29) is 5.82 Å². The number of nitrogens with one attached hydrogen (secondary N) is 1. The van der Waals surface area contributed by atoms with E-state index in [0.29, 0.717) is 29.0 Å². The molecule has 3 unspecified atom stereocenters. The molecule has 0 spiro atoms. The van der Waals surface area contributed by atoms with Crippen molar-refractivity contribution in [3.8, 4) is 11.3 Å². The predicted octanol–water partition coefficient (Wildman–Crippen LogP) is 7.31. The first-order valence-corrected chi connectivity index (χ1v) is 10.8. The molecule has 0 amide bonds. The summed E-state index contributed by atoms with van der Waals surface area (Å²) < 4.78 is 13.2. The zero-order chi connectivity index (χ0) is 21.8. The van der Waals surface area contributed by atoms with Crippen molar-refractivity contribution in [1.82, 2.24) is 10.3 Å². The number of aromatic nitrogens is 1. The van der Waals surface area contributed by atoms with Crippen LogP contribution in [0.1, 0.15) is 34.1 Å². The largest absolute Gasteiger partial charge is 0.365 e. The first-order valence-electron chi connectivity index (χ1n) is 10.8. The van der Waals surface area contributed by atoms with Gasteiger partial charge in [-0.2, -0.15) is 0 Å². The fourth-order valence-electron chi connectivity index (χ4n) is 3.68. The lowest BCUT2D eigenvalue weighted by Crippen LogP contribution is -2.24. The molecule has 3 heteroatoms. The van der Waals surface area contributed by atoms with Crippen LogP contribution in [0, 0.1) is 23.6 Å². The highest BCUT2D eigenvalue weighted by Gasteiger charge is 2.28. The quantitative estimate of drug-likeness (QED) is 0.531. The van der Waals surface area contributed by atoms with Crippen molar-refractivity contribution in [3.63, 3.8) is 0 Å². The van der Waals surface area contributed by atoms with E-state index in [1.54, 1.807) is 30.5 Å². The van der Waals surface area contributed by atoms with Crippen molar-refractivity contribution in [3.05, 3.63) is 103 Å². The molecule has 1 N–H and O–H groups in total. The van der Waals surface area contributed by atoms with Gasteiger partial charge in [-0.05, 0) is 61.7 Å². The number of nitrogens with zero attached hydrogens (tertiary/aromatic N) is 1. The Balaban J connectivity index is 0.000000199. The van der Waals surface area contributed by atoms with Crippen molar-refractivity contribution in [2.24, 2.45) is 17.8 Å². The first kappa shape index (κ1) is 23.3. The number of halogens is 1. The molecule has 158 valence electrons. The Morgan fingerprint density at radius 3 is 2.57 bits per heavy atom. The highest BCUT2D eigenvalue weighted by molar-refractivity contribution is 5.59. The second-order valence-electron chi connectivity index (χ2n) is 7.05. The molecule has 0 saturated heterocycles. The van der Waals surface area contributed by atoms with Gasteiger partial charge in [0.1, 0.15) is 5.82 Å². The molecule has 1 aromatic heterocycles. The molecule has 0 fully saturated rings. The molecule has 30 heavy (non-hydrogen) atoms. The zero-order valence-electron chi connectivity index (χ0n) is 18.4. The molecule has 1 aliphatic heterocycles. The number of rotatable bonds is 2. The maximum atomic E-state index is 13.2. The van der Waals surface area contributed by atoms with E-state index in [2.05, 4.69) is 66.8 Å². The van der Waals surface area contributed by atoms with E-state index in [4.69, 9.17) is 0 Å². The van der Waals surface area contributed by atoms with E-state index >= 15 is 0 Å². The third kappa shape index (κ3) is 6.28. The maximum absolute atomic E-state index is 13.2. The second kappa shape index (κ2) is 12.6. The van der Waals surface area contributed by atoms with Crippen LogP contribution in [0.25, 0.3) is 11.3 Å². The van der Waals surface area contributed by atoms with E-state index in [9.17, 15) is 4.39 Å². The Kier molecular flexibility index (Phi) is 9.79. The summed E-state index contributed by atoms with van der Waals surface area (Å²) >= 11 is 0. The van der Waals surface area contributed by atoms with Gasteiger partial charge in [-0.3, -0.25) is 4.98 Å². The average Bonchev–Trinajstić information content (AvgIpc) is 2.96. The summed E-state index contributed by atoms with van der Waals surface area (Å²) in [6, 6.07) is 12.1. The number of pyridine rings is 1. The normalized spacial score (nSPS) is 21.8. The van der Waals surface area contributed by atoms with Crippen molar-refractivity contribution < 1.29 is 4.39 Å². The number of benzene rings is 1. The Labute approximate surface area is 181 Å². The van der Waals surface area contributed by atoms with E-state index in [1.165, 1.54) is 11.8 Å². The first-order chi connectivity index (χ1) is 14.7. The lowest BCUT2D eigenvalue weighted by Gasteiger charge is -2.28. The zero-order valence-corrected chi connectivity index (χ0v) is 18.4. The van der Waals surface area contributed by atoms with Crippen LogP contribution in [0.2, 0.25) is 0 Å². The summed E-state index contributed by atoms with van der Waals surface area (Å²) in [5, 5.41) is 3.40. The molecular formula is C27H33FN2. The molecule has 3 atom stereocenters. The summed E-state index contributed by atoms with van der Waals surface area (Å²) in [7, 11) is 0. The summed E-state index contributed by atoms with van der Waals surface area (Å²) in [4.78, 5) is 4.07. The van der Waals surface area contributed by atoms with Gasteiger partial charge < -0.3 is 5.32 Å². The summed E-state index contributed by atoms with van der Waals surface area (Å²) in [5.41, 5.74) is 2.57. The van der Waals surface area contributed by atoms with Gasteiger partial charge in [0.15, 0.2) is 0 Å². The molecule has 4 rings (SSSR count). The van der Waals surface area contributed by atoms with Gasteiger partial charge in [-0.15, -0.1) is 0 Å². The van der Waals surface area contributed by atoms with E-state index in [0.717, 1.165) is 6.42 Å². The van der Waals surface area contributed by atoms with Crippen LogP contribution < -0.4 is 5.32 Å². The Morgan fingerprint density at radius 1 is 1.10 bits per heavy atom. The van der Waals surface area contributed by atoms with Crippen LogP contribution in [0.15, 0.2) is 97.0 Å². The molecule has 0 saturated carbocycles. The molecule has 0 bridgehead atoms. The van der Waals surface area contributed by atoms with Gasteiger partial charge in [0.25, 0.3) is 0 Å². The molecule has 2 aromatic rings. The monoisotopic (exact) mass is 404 g/mol. The van der Waals surface area contributed by atoms with Gasteiger partial charge in [0, 0.05) is 23.4 Å². The molecule has 1 aromatic carbocycles. The number of allylic oxidation sites excluding steroid dienone is 7. The van der Waals surface area contributed by atoms with Gasteiger partial charge in [-0.1, -0.05) is 69.4 Å². The van der Waals surface area contributed by atoms with Crippen LogP contribution >= 0.6 is 0 Å². The molecule has 2 aliphatic rings. The maximum Gasteiger partial charge on any atom is 0.132 e. The van der Waals surface area contributed by atoms with Crippen molar-refractivity contribution in [2.75, 3.05) is 0 Å². The van der Waals surface area contributed by atoms with Gasteiger partial charge in [0.2, 0.25) is 0 Å². The summed E-state index contributed by atoms with van der Waals surface area (Å²) in [6.45, 7) is 8.40. The fourth-order valence-corrected chi connectivity index (χ4v) is 3.68. The number of fused-ring (bicyclic) bond motifs is 1. The highest BCUT2D eigenvalue weighted by Crippen LogP contribution is 2.35. The minimum Gasteiger partial charge on any atom is -0.365 e. The second-order valence-corrected chi connectivity index (χ2v) is 7.05. The smallest absolute Gasteiger partial charge is 0.132 e. The third-order valence-corrected chi connectivity index (χ3v) is 5.15. The predicted molar refractivity (Wildman–Crippen MR) is 126 cm³/mol. The minimum absolute atomic E-state index is 0.235. The minimum atomic E-state index is -0.235. The Hall–Kier alpha value is -2.94. The fraction of sp³-hybridized carbons (Fsp3) is 0.296. The lowest BCUT2D eigenvalue weighted by molar-refractivity contribution is 0.376. The average molecular weight is 405 g/mol. The van der Waals surface area contributed by atoms with Crippen LogP contribution in [0.4, 0.5) is 4.39 Å². The van der Waals surface area contributed by atoms with Crippen molar-refractivity contribution in [1.29, 1.82) is 0 Å². The molecule has 1 aliphatic carbocycles.